The number of carbonyl (C=O) groups excluding carboxylic acids is 2. The molecule has 470 valence electrons. The van der Waals surface area contributed by atoms with Crippen molar-refractivity contribution in [2.45, 2.75) is 153 Å². The summed E-state index contributed by atoms with van der Waals surface area (Å²) in [5.74, 6) is 2.82. The quantitative estimate of drug-likeness (QED) is 0.0262. The molecule has 4 aliphatic carbocycles. The number of aryl methyl sites for hydroxylation is 2. The molecule has 0 saturated heterocycles. The van der Waals surface area contributed by atoms with Crippen molar-refractivity contribution in [3.63, 3.8) is 0 Å². The third-order valence-corrected chi connectivity index (χ3v) is 18.0. The number of halogens is 6. The average molecular weight is 1220 g/mol. The van der Waals surface area contributed by atoms with Crippen LogP contribution in [0.2, 0.25) is 0 Å². The van der Waals surface area contributed by atoms with Crippen LogP contribution in [0.4, 0.5) is 26.3 Å². The van der Waals surface area contributed by atoms with E-state index in [-0.39, 0.29) is 39.4 Å². The lowest BCUT2D eigenvalue weighted by Crippen LogP contribution is -2.32. The standard InChI is InChI=1S/C70H76F6O12/c1-43-6-33-63-51(35-43)15-34-65(86-42-84-58-30-28-56(29-31-58)82-40-80-54-18-9-48(10-19-54)50-13-22-60(23-14-50)88-68(78)46(4)70(74,75)76)66(63)64-38-61(37-52-36-44(2)5-32-62(52)64)85-41-83-57-26-24-55(25-27-57)81-39-79-53-16-7-47(8-17-53)49-11-20-59(21-12-49)87-67(77)45(3)69(71,72)73/h5-6,15,24-38,47-50,53-54,59-60H,3-4,7-14,16-23,39-42H2,1-2H3. The molecule has 12 nitrogen and oxygen atoms in total. The average Bonchev–Trinajstić information content (AvgIpc) is 1.03. The zero-order valence-electron chi connectivity index (χ0n) is 49.7. The lowest BCUT2D eigenvalue weighted by atomic mass is 9.72. The molecular weight excluding hydrogens is 1150 g/mol. The Morgan fingerprint density at radius 2 is 0.761 bits per heavy atom. The van der Waals surface area contributed by atoms with Crippen molar-refractivity contribution in [3.05, 3.63) is 145 Å². The van der Waals surface area contributed by atoms with E-state index in [1.165, 1.54) is 0 Å². The van der Waals surface area contributed by atoms with Gasteiger partial charge in [-0.15, -0.1) is 0 Å². The molecular formula is C70H76F6O12. The van der Waals surface area contributed by atoms with Gasteiger partial charge in [0.25, 0.3) is 0 Å². The summed E-state index contributed by atoms with van der Waals surface area (Å²) >= 11 is 0. The fraction of sp³-hybridized carbons (Fsp3) is 0.457. The normalized spacial score (nSPS) is 22.5. The smallest absolute Gasteiger partial charge is 0.422 e. The molecule has 4 fully saturated rings. The van der Waals surface area contributed by atoms with Crippen LogP contribution in [0.15, 0.2) is 133 Å². The molecule has 0 radical (unpaired) electrons. The molecule has 0 atom stereocenters. The SMILES string of the molecule is C=C(C(=O)OC1CCC(C2CCC(OCOc3ccc(OCOc4cc(-c5c(OCOc6ccc(OCOC7CCC(C8CCC(OC(=O)C(=C)C(F)(F)F)CC8)CC7)cc6)ccc6cc(C)ccc56)c5ccc(C)cc5c4)cc3)CC2)CC1)C(F)(F)F. The highest BCUT2D eigenvalue weighted by Crippen LogP contribution is 2.45. The van der Waals surface area contributed by atoms with E-state index in [0.29, 0.717) is 83.9 Å². The number of hydrogen-bond donors (Lipinski definition) is 0. The molecule has 4 aliphatic rings. The van der Waals surface area contributed by atoms with Gasteiger partial charge in [-0.2, -0.15) is 26.3 Å². The van der Waals surface area contributed by atoms with E-state index in [9.17, 15) is 35.9 Å². The van der Waals surface area contributed by atoms with Gasteiger partial charge in [0, 0.05) is 5.56 Å². The second-order valence-corrected chi connectivity index (χ2v) is 23.9. The molecule has 88 heavy (non-hydrogen) atoms. The van der Waals surface area contributed by atoms with Gasteiger partial charge < -0.3 is 47.4 Å². The molecule has 0 bridgehead atoms. The van der Waals surface area contributed by atoms with Crippen molar-refractivity contribution >= 4 is 33.5 Å². The second-order valence-electron chi connectivity index (χ2n) is 23.9. The highest BCUT2D eigenvalue weighted by atomic mass is 19.4. The predicted octanol–water partition coefficient (Wildman–Crippen LogP) is 17.4. The second kappa shape index (κ2) is 28.8. The Morgan fingerprint density at radius 1 is 0.398 bits per heavy atom. The fourth-order valence-corrected chi connectivity index (χ4v) is 13.1. The molecule has 4 saturated carbocycles. The van der Waals surface area contributed by atoms with Gasteiger partial charge in [-0.3, -0.25) is 0 Å². The topological polar surface area (TPSA) is 126 Å². The number of rotatable bonds is 23. The molecule has 0 aliphatic heterocycles. The van der Waals surface area contributed by atoms with E-state index in [1.54, 1.807) is 0 Å². The first-order valence-electron chi connectivity index (χ1n) is 30.5. The minimum Gasteiger partial charge on any atom is -0.468 e. The summed E-state index contributed by atoms with van der Waals surface area (Å²) in [6.07, 6.45) is 2.56. The van der Waals surface area contributed by atoms with Crippen LogP contribution in [-0.2, 0) is 28.5 Å². The van der Waals surface area contributed by atoms with Crippen molar-refractivity contribution in [2.75, 3.05) is 27.2 Å². The fourth-order valence-electron chi connectivity index (χ4n) is 13.1. The molecule has 0 amide bonds. The lowest BCUT2D eigenvalue weighted by molar-refractivity contribution is -0.158. The van der Waals surface area contributed by atoms with Gasteiger partial charge in [-0.1, -0.05) is 66.7 Å². The number of fused-ring (bicyclic) bond motifs is 2. The van der Waals surface area contributed by atoms with Crippen LogP contribution in [0.5, 0.6) is 34.5 Å². The molecule has 0 spiro atoms. The summed E-state index contributed by atoms with van der Waals surface area (Å²) in [6, 6.07) is 35.3. The summed E-state index contributed by atoms with van der Waals surface area (Å²) < 4.78 is 137. The Hall–Kier alpha value is -7.44. The van der Waals surface area contributed by atoms with Crippen LogP contribution in [0.25, 0.3) is 32.7 Å². The minimum atomic E-state index is -4.79. The Labute approximate surface area is 509 Å². The summed E-state index contributed by atoms with van der Waals surface area (Å²) in [5, 5.41) is 4.05. The van der Waals surface area contributed by atoms with Crippen molar-refractivity contribution in [2.24, 2.45) is 23.7 Å². The van der Waals surface area contributed by atoms with Crippen molar-refractivity contribution in [3.8, 4) is 45.6 Å². The Morgan fingerprint density at radius 3 is 1.18 bits per heavy atom. The van der Waals surface area contributed by atoms with Gasteiger partial charge in [0.2, 0.25) is 13.6 Å². The highest BCUT2D eigenvalue weighted by molar-refractivity contribution is 6.08. The maximum atomic E-state index is 12.9. The van der Waals surface area contributed by atoms with Crippen molar-refractivity contribution in [1.82, 2.24) is 0 Å². The summed E-state index contributed by atoms with van der Waals surface area (Å²) in [5.41, 5.74) is 1.10. The van der Waals surface area contributed by atoms with Crippen LogP contribution >= 0.6 is 0 Å². The van der Waals surface area contributed by atoms with E-state index in [1.807, 2.05) is 66.7 Å². The molecule has 6 aromatic rings. The van der Waals surface area contributed by atoms with Gasteiger partial charge >= 0.3 is 24.3 Å². The van der Waals surface area contributed by atoms with Gasteiger partial charge in [-0.25, -0.2) is 9.59 Å². The van der Waals surface area contributed by atoms with Gasteiger partial charge in [0.05, 0.1) is 12.2 Å². The lowest BCUT2D eigenvalue weighted by Gasteiger charge is -2.37. The molecule has 0 N–H and O–H groups in total. The minimum absolute atomic E-state index is 0.0613. The van der Waals surface area contributed by atoms with Crippen molar-refractivity contribution < 1.29 is 83.3 Å². The first-order valence-corrected chi connectivity index (χ1v) is 30.5. The third-order valence-electron chi connectivity index (χ3n) is 18.0. The number of alkyl halides is 6. The molecule has 6 aromatic carbocycles. The highest BCUT2D eigenvalue weighted by Gasteiger charge is 2.41. The Balaban J connectivity index is 0.670. The number of hydrogen-bond acceptors (Lipinski definition) is 12. The van der Waals surface area contributed by atoms with Gasteiger partial charge in [0.15, 0.2) is 13.6 Å². The van der Waals surface area contributed by atoms with E-state index in [2.05, 4.69) is 69.5 Å². The zero-order chi connectivity index (χ0) is 62.0. The largest absolute Gasteiger partial charge is 0.468 e. The number of ether oxygens (including phenoxy) is 10. The Bertz CT molecular complexity index is 3350. The van der Waals surface area contributed by atoms with Crippen LogP contribution in [0, 0.1) is 37.5 Å². The maximum absolute atomic E-state index is 12.9. The van der Waals surface area contributed by atoms with Crippen molar-refractivity contribution in [1.29, 1.82) is 0 Å². The summed E-state index contributed by atoms with van der Waals surface area (Å²) in [7, 11) is 0. The summed E-state index contributed by atoms with van der Waals surface area (Å²) in [6.45, 7) is 9.90. The predicted molar refractivity (Wildman–Crippen MR) is 320 cm³/mol. The molecule has 0 aromatic heterocycles. The van der Waals surface area contributed by atoms with Crippen LogP contribution < -0.4 is 28.4 Å². The van der Waals surface area contributed by atoms with E-state index in [4.69, 9.17) is 47.4 Å². The first-order chi connectivity index (χ1) is 42.3. The molecule has 18 heteroatoms. The number of benzene rings is 6. The van der Waals surface area contributed by atoms with Crippen LogP contribution in [0.1, 0.15) is 114 Å². The molecule has 0 unspecified atom stereocenters. The monoisotopic (exact) mass is 1220 g/mol. The van der Waals surface area contributed by atoms with Crippen LogP contribution in [-0.4, -0.2) is 75.9 Å². The van der Waals surface area contributed by atoms with E-state index in [0.717, 1.165) is 121 Å². The first kappa shape index (κ1) is 63.6. The molecule has 0 heterocycles. The van der Waals surface area contributed by atoms with Gasteiger partial charge in [-0.05, 0) is 234 Å². The van der Waals surface area contributed by atoms with Gasteiger partial charge in [0.1, 0.15) is 57.9 Å². The zero-order valence-corrected chi connectivity index (χ0v) is 49.7. The van der Waals surface area contributed by atoms with E-state index >= 15 is 0 Å². The maximum Gasteiger partial charge on any atom is 0.422 e. The number of carbonyl (C=O) groups is 2. The summed E-state index contributed by atoms with van der Waals surface area (Å²) in [4.78, 5) is 23.8. The van der Waals surface area contributed by atoms with E-state index < -0.39 is 47.6 Å². The van der Waals surface area contributed by atoms with Crippen LogP contribution in [0.3, 0.4) is 0 Å². The molecule has 10 rings (SSSR count). The Kier molecular flexibility index (Phi) is 20.8. The number of esters is 2. The third kappa shape index (κ3) is 16.8.